The molecule has 0 bridgehead atoms. The first-order valence-electron chi connectivity index (χ1n) is 7.44. The van der Waals surface area contributed by atoms with Gasteiger partial charge in [-0.05, 0) is 17.7 Å². The Labute approximate surface area is 140 Å². The van der Waals surface area contributed by atoms with E-state index in [1.54, 1.807) is 24.3 Å². The number of carbonyl (C=O) groups is 1. The van der Waals surface area contributed by atoms with E-state index in [1.165, 1.54) is 0 Å². The number of nitrogens with zero attached hydrogens (tertiary/aromatic N) is 2. The average molecular weight is 354 g/mol. The van der Waals surface area contributed by atoms with Gasteiger partial charge in [0, 0.05) is 37.6 Å². The Kier molecular flexibility index (Phi) is 4.42. The summed E-state index contributed by atoms with van der Waals surface area (Å²) in [6.07, 6.45) is -2.75. The van der Waals surface area contributed by atoms with Crippen LogP contribution in [0.15, 0.2) is 36.7 Å². The van der Waals surface area contributed by atoms with Gasteiger partial charge in [0.05, 0.1) is 5.56 Å². The average Bonchev–Trinajstić information content (AvgIpc) is 2.54. The van der Waals surface area contributed by atoms with Crippen molar-refractivity contribution in [2.75, 3.05) is 18.4 Å². The second-order valence-corrected chi connectivity index (χ2v) is 5.88. The highest BCUT2D eigenvalue weighted by Gasteiger charge is 2.36. The molecule has 1 aliphatic heterocycles. The van der Waals surface area contributed by atoms with Gasteiger partial charge in [-0.2, -0.15) is 13.2 Å². The minimum absolute atomic E-state index is 0.0969. The van der Waals surface area contributed by atoms with Crippen LogP contribution in [0.25, 0.3) is 0 Å². The molecule has 0 saturated carbocycles. The molecule has 5 nitrogen and oxygen atoms in total. The van der Waals surface area contributed by atoms with Crippen molar-refractivity contribution in [3.63, 3.8) is 0 Å². The smallest absolute Gasteiger partial charge is 0.322 e. The van der Waals surface area contributed by atoms with E-state index in [9.17, 15) is 22.4 Å². The zero-order valence-corrected chi connectivity index (χ0v) is 12.9. The molecule has 0 spiro atoms. The maximum Gasteiger partial charge on any atom is 0.451 e. The topological polar surface area (TPSA) is 66.9 Å². The van der Waals surface area contributed by atoms with E-state index < -0.39 is 23.6 Å². The van der Waals surface area contributed by atoms with Crippen molar-refractivity contribution in [1.82, 2.24) is 15.3 Å². The SMILES string of the molecule is O=C(Nc1ccc(CC2(F)CNC2)cc1)c1cnc(C(F)(F)F)nc1. The van der Waals surface area contributed by atoms with Gasteiger partial charge in [0.2, 0.25) is 5.82 Å². The fourth-order valence-corrected chi connectivity index (χ4v) is 2.39. The number of alkyl halides is 4. The van der Waals surface area contributed by atoms with Crippen LogP contribution in [-0.4, -0.2) is 34.6 Å². The molecule has 132 valence electrons. The Morgan fingerprint density at radius 3 is 2.24 bits per heavy atom. The number of anilines is 1. The number of benzene rings is 1. The standard InChI is InChI=1S/C16H14F4N4O/c17-15(8-21-9-15)5-10-1-3-12(4-2-10)24-13(25)11-6-22-14(23-7-11)16(18,19)20/h1-4,6-7,21H,5,8-9H2,(H,24,25). The molecule has 1 saturated heterocycles. The van der Waals surface area contributed by atoms with Crippen LogP contribution >= 0.6 is 0 Å². The predicted molar refractivity (Wildman–Crippen MR) is 81.8 cm³/mol. The first kappa shape index (κ1) is 17.3. The molecule has 2 heterocycles. The number of carbonyl (C=O) groups excluding carboxylic acids is 1. The summed E-state index contributed by atoms with van der Waals surface area (Å²) in [5.41, 5.74) is -0.101. The van der Waals surface area contributed by atoms with Crippen molar-refractivity contribution < 1.29 is 22.4 Å². The molecule has 1 aromatic heterocycles. The van der Waals surface area contributed by atoms with Crippen LogP contribution in [0.4, 0.5) is 23.2 Å². The second-order valence-electron chi connectivity index (χ2n) is 5.88. The number of rotatable bonds is 4. The third kappa shape index (κ3) is 4.11. The number of aromatic nitrogens is 2. The zero-order chi connectivity index (χ0) is 18.1. The lowest BCUT2D eigenvalue weighted by atomic mass is 9.91. The van der Waals surface area contributed by atoms with E-state index in [0.717, 1.165) is 18.0 Å². The van der Waals surface area contributed by atoms with E-state index >= 15 is 0 Å². The molecular weight excluding hydrogens is 340 g/mol. The van der Waals surface area contributed by atoms with E-state index in [2.05, 4.69) is 20.6 Å². The molecule has 9 heteroatoms. The van der Waals surface area contributed by atoms with Crippen LogP contribution in [-0.2, 0) is 12.6 Å². The Balaban J connectivity index is 1.62. The second kappa shape index (κ2) is 6.40. The summed E-state index contributed by atoms with van der Waals surface area (Å²) in [5, 5.41) is 5.40. The van der Waals surface area contributed by atoms with E-state index in [-0.39, 0.29) is 12.0 Å². The van der Waals surface area contributed by atoms with Crippen LogP contribution in [0.1, 0.15) is 21.7 Å². The van der Waals surface area contributed by atoms with Crippen molar-refractivity contribution in [2.45, 2.75) is 18.3 Å². The summed E-state index contributed by atoms with van der Waals surface area (Å²) in [7, 11) is 0. The van der Waals surface area contributed by atoms with Crippen LogP contribution in [0.5, 0.6) is 0 Å². The maximum absolute atomic E-state index is 14.0. The van der Waals surface area contributed by atoms with Gasteiger partial charge < -0.3 is 10.6 Å². The van der Waals surface area contributed by atoms with Crippen LogP contribution in [0, 0.1) is 0 Å². The monoisotopic (exact) mass is 354 g/mol. The van der Waals surface area contributed by atoms with Gasteiger partial charge in [-0.1, -0.05) is 12.1 Å². The minimum Gasteiger partial charge on any atom is -0.322 e. The number of hydrogen-bond donors (Lipinski definition) is 2. The normalized spacial score (nSPS) is 16.2. The van der Waals surface area contributed by atoms with Crippen LogP contribution in [0.2, 0.25) is 0 Å². The molecule has 1 fully saturated rings. The first-order valence-corrected chi connectivity index (χ1v) is 7.44. The number of nitrogens with one attached hydrogen (secondary N) is 2. The Hall–Kier alpha value is -2.55. The molecule has 25 heavy (non-hydrogen) atoms. The third-order valence-corrected chi connectivity index (χ3v) is 3.78. The van der Waals surface area contributed by atoms with Crippen molar-refractivity contribution in [3.05, 3.63) is 53.6 Å². The van der Waals surface area contributed by atoms with Gasteiger partial charge in [0.15, 0.2) is 0 Å². The van der Waals surface area contributed by atoms with Gasteiger partial charge >= 0.3 is 6.18 Å². The lowest BCUT2D eigenvalue weighted by molar-refractivity contribution is -0.145. The molecule has 1 aliphatic rings. The molecule has 1 aromatic carbocycles. The summed E-state index contributed by atoms with van der Waals surface area (Å²) in [4.78, 5) is 18.3. The van der Waals surface area contributed by atoms with E-state index in [4.69, 9.17) is 0 Å². The summed E-state index contributed by atoms with van der Waals surface area (Å²) in [5.74, 6) is -1.94. The Bertz CT molecular complexity index is 755. The summed E-state index contributed by atoms with van der Waals surface area (Å²) in [6.45, 7) is 0.638. The minimum atomic E-state index is -4.66. The Morgan fingerprint density at radius 2 is 1.76 bits per heavy atom. The molecule has 0 aliphatic carbocycles. The number of halogens is 4. The molecule has 3 rings (SSSR count). The summed E-state index contributed by atoms with van der Waals surface area (Å²) >= 11 is 0. The van der Waals surface area contributed by atoms with Crippen LogP contribution < -0.4 is 10.6 Å². The molecule has 1 amide bonds. The Morgan fingerprint density at radius 1 is 1.16 bits per heavy atom. The van der Waals surface area contributed by atoms with E-state index in [1.807, 2.05) is 0 Å². The lowest BCUT2D eigenvalue weighted by Gasteiger charge is -2.35. The van der Waals surface area contributed by atoms with E-state index in [0.29, 0.717) is 18.8 Å². The predicted octanol–water partition coefficient (Wildman–Crippen LogP) is 2.60. The molecular formula is C16H14F4N4O. The largest absolute Gasteiger partial charge is 0.451 e. The summed E-state index contributed by atoms with van der Waals surface area (Å²) in [6, 6.07) is 6.60. The highest BCUT2D eigenvalue weighted by Crippen LogP contribution is 2.25. The van der Waals surface area contributed by atoms with Gasteiger partial charge in [-0.3, -0.25) is 4.79 Å². The highest BCUT2D eigenvalue weighted by molar-refractivity contribution is 6.03. The van der Waals surface area contributed by atoms with Crippen molar-refractivity contribution in [2.24, 2.45) is 0 Å². The van der Waals surface area contributed by atoms with Crippen molar-refractivity contribution >= 4 is 11.6 Å². The third-order valence-electron chi connectivity index (χ3n) is 3.78. The van der Waals surface area contributed by atoms with Gasteiger partial charge in [-0.25, -0.2) is 14.4 Å². The van der Waals surface area contributed by atoms with Gasteiger partial charge in [0.25, 0.3) is 5.91 Å². The molecule has 2 aromatic rings. The van der Waals surface area contributed by atoms with Gasteiger partial charge in [-0.15, -0.1) is 0 Å². The fraction of sp³-hybridized carbons (Fsp3) is 0.312. The van der Waals surface area contributed by atoms with Crippen molar-refractivity contribution in [1.29, 1.82) is 0 Å². The molecule has 2 N–H and O–H groups in total. The maximum atomic E-state index is 14.0. The molecule has 0 unspecified atom stereocenters. The first-order chi connectivity index (χ1) is 11.8. The highest BCUT2D eigenvalue weighted by atomic mass is 19.4. The van der Waals surface area contributed by atoms with Gasteiger partial charge in [0.1, 0.15) is 5.67 Å². The molecule has 0 atom stereocenters. The van der Waals surface area contributed by atoms with Crippen molar-refractivity contribution in [3.8, 4) is 0 Å². The zero-order valence-electron chi connectivity index (χ0n) is 12.9. The molecule has 0 radical (unpaired) electrons. The quantitative estimate of drug-likeness (QED) is 0.829. The fourth-order valence-electron chi connectivity index (χ4n) is 2.39. The summed E-state index contributed by atoms with van der Waals surface area (Å²) < 4.78 is 51.2. The number of hydrogen-bond acceptors (Lipinski definition) is 4. The van der Waals surface area contributed by atoms with Crippen LogP contribution in [0.3, 0.4) is 0 Å². The number of amides is 1. The lowest BCUT2D eigenvalue weighted by Crippen LogP contribution is -2.57.